The molecule has 0 aromatic carbocycles. The van der Waals surface area contributed by atoms with Crippen molar-refractivity contribution in [3.05, 3.63) is 24.0 Å². The van der Waals surface area contributed by atoms with Crippen LogP contribution in [0, 0.1) is 17.8 Å². The van der Waals surface area contributed by atoms with E-state index in [4.69, 9.17) is 0 Å². The molecule has 1 saturated carbocycles. The van der Waals surface area contributed by atoms with Crippen LogP contribution in [0.2, 0.25) is 0 Å². The van der Waals surface area contributed by atoms with Crippen molar-refractivity contribution in [2.75, 3.05) is 13.1 Å². The molecule has 1 aliphatic carbocycles. The van der Waals surface area contributed by atoms with Gasteiger partial charge in [0.15, 0.2) is 0 Å². The molecular formula is C16H21N5O. The van der Waals surface area contributed by atoms with E-state index in [9.17, 15) is 4.79 Å². The Morgan fingerprint density at radius 3 is 2.86 bits per heavy atom. The Hall–Kier alpha value is -1.95. The Morgan fingerprint density at radius 2 is 2.14 bits per heavy atom. The van der Waals surface area contributed by atoms with Gasteiger partial charge in [0.1, 0.15) is 11.2 Å². The highest BCUT2D eigenvalue weighted by Crippen LogP contribution is 2.49. The molecule has 2 aromatic heterocycles. The third-order valence-corrected chi connectivity index (χ3v) is 5.03. The molecule has 2 aliphatic rings. The second kappa shape index (κ2) is 4.52. The maximum atomic E-state index is 12.6. The SMILES string of the molecule is Cn1nc(C(C)(C)NC(=O)C2C3CNCC32)c2ncccc21. The lowest BCUT2D eigenvalue weighted by atomic mass is 9.98. The monoisotopic (exact) mass is 299 g/mol. The lowest BCUT2D eigenvalue weighted by Crippen LogP contribution is -2.43. The van der Waals surface area contributed by atoms with Crippen molar-refractivity contribution in [2.45, 2.75) is 19.4 Å². The highest BCUT2D eigenvalue weighted by molar-refractivity contribution is 5.85. The van der Waals surface area contributed by atoms with E-state index in [-0.39, 0.29) is 11.8 Å². The molecule has 6 heteroatoms. The summed E-state index contributed by atoms with van der Waals surface area (Å²) in [5.41, 5.74) is 2.12. The summed E-state index contributed by atoms with van der Waals surface area (Å²) in [4.78, 5) is 17.0. The molecule has 2 aromatic rings. The second-order valence-corrected chi connectivity index (χ2v) is 6.97. The first-order valence-electron chi connectivity index (χ1n) is 7.80. The Morgan fingerprint density at radius 1 is 1.41 bits per heavy atom. The molecule has 0 spiro atoms. The number of amides is 1. The van der Waals surface area contributed by atoms with Crippen molar-refractivity contribution in [2.24, 2.45) is 24.8 Å². The third kappa shape index (κ3) is 1.94. The van der Waals surface area contributed by atoms with E-state index in [1.165, 1.54) is 0 Å². The molecule has 2 N–H and O–H groups in total. The first kappa shape index (κ1) is 13.7. The zero-order chi connectivity index (χ0) is 15.5. The number of aromatic nitrogens is 3. The van der Waals surface area contributed by atoms with Gasteiger partial charge in [0.05, 0.1) is 11.1 Å². The van der Waals surface area contributed by atoms with Gasteiger partial charge < -0.3 is 10.6 Å². The van der Waals surface area contributed by atoms with E-state index in [0.717, 1.165) is 29.8 Å². The molecule has 2 atom stereocenters. The molecule has 6 nitrogen and oxygen atoms in total. The van der Waals surface area contributed by atoms with E-state index in [0.29, 0.717) is 11.8 Å². The summed E-state index contributed by atoms with van der Waals surface area (Å²) in [6.07, 6.45) is 1.77. The molecule has 1 amide bonds. The number of aryl methyl sites for hydroxylation is 1. The van der Waals surface area contributed by atoms with Gasteiger partial charge >= 0.3 is 0 Å². The van der Waals surface area contributed by atoms with Gasteiger partial charge in [-0.05, 0) is 50.9 Å². The van der Waals surface area contributed by atoms with Crippen LogP contribution < -0.4 is 10.6 Å². The van der Waals surface area contributed by atoms with Crippen molar-refractivity contribution in [1.82, 2.24) is 25.4 Å². The number of nitrogens with one attached hydrogen (secondary N) is 2. The van der Waals surface area contributed by atoms with E-state index in [2.05, 4.69) is 20.7 Å². The normalized spacial score (nSPS) is 27.0. The van der Waals surface area contributed by atoms with Crippen LogP contribution in [-0.2, 0) is 17.4 Å². The molecule has 4 rings (SSSR count). The Labute approximate surface area is 129 Å². The van der Waals surface area contributed by atoms with Crippen LogP contribution in [0.5, 0.6) is 0 Å². The molecule has 1 aliphatic heterocycles. The van der Waals surface area contributed by atoms with Gasteiger partial charge in [0.2, 0.25) is 5.91 Å². The van der Waals surface area contributed by atoms with E-state index >= 15 is 0 Å². The highest BCUT2D eigenvalue weighted by atomic mass is 16.2. The minimum Gasteiger partial charge on any atom is -0.345 e. The summed E-state index contributed by atoms with van der Waals surface area (Å²) in [5, 5.41) is 11.1. The first-order valence-corrected chi connectivity index (χ1v) is 7.80. The zero-order valence-corrected chi connectivity index (χ0v) is 13.1. The van der Waals surface area contributed by atoms with Crippen molar-refractivity contribution in [3.8, 4) is 0 Å². The number of piperidine rings is 1. The fraction of sp³-hybridized carbons (Fsp3) is 0.562. The maximum absolute atomic E-state index is 12.6. The van der Waals surface area contributed by atoms with Crippen LogP contribution in [0.25, 0.3) is 11.0 Å². The Kier molecular flexibility index (Phi) is 2.81. The molecule has 3 heterocycles. The van der Waals surface area contributed by atoms with Crippen LogP contribution in [-0.4, -0.2) is 33.8 Å². The Balaban J connectivity index is 1.61. The van der Waals surface area contributed by atoms with Gasteiger partial charge in [-0.25, -0.2) is 0 Å². The smallest absolute Gasteiger partial charge is 0.224 e. The number of fused-ring (bicyclic) bond motifs is 2. The summed E-state index contributed by atoms with van der Waals surface area (Å²) in [5.74, 6) is 1.36. The van der Waals surface area contributed by atoms with Crippen molar-refractivity contribution in [1.29, 1.82) is 0 Å². The predicted molar refractivity (Wildman–Crippen MR) is 83.0 cm³/mol. The fourth-order valence-corrected chi connectivity index (χ4v) is 3.77. The number of carbonyl (C=O) groups excluding carboxylic acids is 1. The third-order valence-electron chi connectivity index (χ3n) is 5.03. The molecule has 22 heavy (non-hydrogen) atoms. The summed E-state index contributed by atoms with van der Waals surface area (Å²) >= 11 is 0. The molecule has 1 saturated heterocycles. The number of nitrogens with zero attached hydrogens (tertiary/aromatic N) is 3. The number of hydrogen-bond acceptors (Lipinski definition) is 4. The minimum absolute atomic E-state index is 0.149. The van der Waals surface area contributed by atoms with Crippen molar-refractivity contribution < 1.29 is 4.79 Å². The van der Waals surface area contributed by atoms with Gasteiger partial charge in [-0.15, -0.1) is 0 Å². The van der Waals surface area contributed by atoms with Gasteiger partial charge in [-0.1, -0.05) is 0 Å². The zero-order valence-electron chi connectivity index (χ0n) is 13.1. The predicted octanol–water partition coefficient (Wildman–Crippen LogP) is 0.785. The fourth-order valence-electron chi connectivity index (χ4n) is 3.77. The summed E-state index contributed by atoms with van der Waals surface area (Å²) in [7, 11) is 1.91. The van der Waals surface area contributed by atoms with Crippen LogP contribution >= 0.6 is 0 Å². The van der Waals surface area contributed by atoms with Gasteiger partial charge in [-0.2, -0.15) is 5.10 Å². The minimum atomic E-state index is -0.532. The topological polar surface area (TPSA) is 71.8 Å². The van der Waals surface area contributed by atoms with Crippen molar-refractivity contribution >= 4 is 16.9 Å². The first-order chi connectivity index (χ1) is 10.5. The second-order valence-electron chi connectivity index (χ2n) is 6.97. The van der Waals surface area contributed by atoms with Gasteiger partial charge in [-0.3, -0.25) is 14.5 Å². The number of rotatable bonds is 3. The highest BCUT2D eigenvalue weighted by Gasteiger charge is 2.57. The molecule has 2 unspecified atom stereocenters. The summed E-state index contributed by atoms with van der Waals surface area (Å²) in [6.45, 7) is 5.93. The van der Waals surface area contributed by atoms with Crippen LogP contribution in [0.4, 0.5) is 0 Å². The van der Waals surface area contributed by atoms with Gasteiger partial charge in [0.25, 0.3) is 0 Å². The lowest BCUT2D eigenvalue weighted by Gasteiger charge is -2.25. The summed E-state index contributed by atoms with van der Waals surface area (Å²) < 4.78 is 1.82. The quantitative estimate of drug-likeness (QED) is 0.879. The molecule has 116 valence electrons. The average Bonchev–Trinajstić information content (AvgIpc) is 2.82. The van der Waals surface area contributed by atoms with Gasteiger partial charge in [0, 0.05) is 19.2 Å². The average molecular weight is 299 g/mol. The van der Waals surface area contributed by atoms with Crippen LogP contribution in [0.3, 0.4) is 0 Å². The largest absolute Gasteiger partial charge is 0.345 e. The standard InChI is InChI=1S/C16H21N5O/c1-16(2,19-15(22)12-9-7-17-8-10(9)12)14-13-11(21(3)20-14)5-4-6-18-13/h4-6,9-10,12,17H,7-8H2,1-3H3,(H,19,22). The molecular weight excluding hydrogens is 278 g/mol. The molecule has 0 bridgehead atoms. The van der Waals surface area contributed by atoms with E-state index < -0.39 is 5.54 Å². The van der Waals surface area contributed by atoms with Crippen LogP contribution in [0.15, 0.2) is 18.3 Å². The molecule has 0 radical (unpaired) electrons. The molecule has 2 fully saturated rings. The Bertz CT molecular complexity index is 740. The number of pyridine rings is 1. The van der Waals surface area contributed by atoms with E-state index in [1.54, 1.807) is 6.20 Å². The number of hydrogen-bond donors (Lipinski definition) is 2. The van der Waals surface area contributed by atoms with Crippen LogP contribution in [0.1, 0.15) is 19.5 Å². The van der Waals surface area contributed by atoms with Crippen molar-refractivity contribution in [3.63, 3.8) is 0 Å². The summed E-state index contributed by atoms with van der Waals surface area (Å²) in [6, 6.07) is 3.89. The number of carbonyl (C=O) groups is 1. The van der Waals surface area contributed by atoms with E-state index in [1.807, 2.05) is 37.7 Å². The maximum Gasteiger partial charge on any atom is 0.224 e. The lowest BCUT2D eigenvalue weighted by molar-refractivity contribution is -0.124.